The Balaban J connectivity index is 1.87. The molecular formula is C15H15N3O2S. The van der Waals surface area contributed by atoms with E-state index in [4.69, 9.17) is 10.00 Å². The third-order valence-electron chi connectivity index (χ3n) is 2.65. The van der Waals surface area contributed by atoms with Crippen molar-refractivity contribution in [1.82, 2.24) is 0 Å². The van der Waals surface area contributed by atoms with Crippen molar-refractivity contribution >= 4 is 28.8 Å². The van der Waals surface area contributed by atoms with Gasteiger partial charge in [-0.15, -0.1) is 11.3 Å². The maximum Gasteiger partial charge on any atom is 0.411 e. The summed E-state index contributed by atoms with van der Waals surface area (Å²) < 4.78 is 4.80. The normalized spacial score (nSPS) is 9.71. The van der Waals surface area contributed by atoms with Crippen LogP contribution in [0.2, 0.25) is 0 Å². The van der Waals surface area contributed by atoms with E-state index in [-0.39, 0.29) is 0 Å². The molecular weight excluding hydrogens is 286 g/mol. The predicted octanol–water partition coefficient (Wildman–Crippen LogP) is 3.80. The minimum atomic E-state index is -0.458. The van der Waals surface area contributed by atoms with Crippen molar-refractivity contribution in [3.8, 4) is 6.07 Å². The van der Waals surface area contributed by atoms with Crippen molar-refractivity contribution in [3.05, 3.63) is 46.2 Å². The molecule has 1 amide bonds. The molecule has 1 aromatic heterocycles. The summed E-state index contributed by atoms with van der Waals surface area (Å²) >= 11 is 1.47. The van der Waals surface area contributed by atoms with Crippen LogP contribution in [0.4, 0.5) is 16.2 Å². The van der Waals surface area contributed by atoms with Gasteiger partial charge in [-0.05, 0) is 43.3 Å². The molecule has 0 fully saturated rings. The van der Waals surface area contributed by atoms with Crippen molar-refractivity contribution in [3.63, 3.8) is 0 Å². The van der Waals surface area contributed by atoms with Gasteiger partial charge in [0.05, 0.1) is 6.61 Å². The van der Waals surface area contributed by atoms with Crippen LogP contribution in [0.3, 0.4) is 0 Å². The highest BCUT2D eigenvalue weighted by atomic mass is 32.1. The van der Waals surface area contributed by atoms with Crippen molar-refractivity contribution in [2.75, 3.05) is 17.2 Å². The van der Waals surface area contributed by atoms with Crippen LogP contribution in [0.1, 0.15) is 16.7 Å². The first-order chi connectivity index (χ1) is 10.2. The first kappa shape index (κ1) is 14.9. The zero-order valence-corrected chi connectivity index (χ0v) is 12.4. The lowest BCUT2D eigenvalue weighted by Gasteiger charge is -2.07. The van der Waals surface area contributed by atoms with Gasteiger partial charge in [0.25, 0.3) is 0 Å². The van der Waals surface area contributed by atoms with E-state index in [9.17, 15) is 4.79 Å². The topological polar surface area (TPSA) is 74.2 Å². The molecule has 0 aliphatic carbocycles. The monoisotopic (exact) mass is 301 g/mol. The zero-order chi connectivity index (χ0) is 15.1. The summed E-state index contributed by atoms with van der Waals surface area (Å²) in [5.41, 5.74) is 1.62. The molecule has 0 aliphatic heterocycles. The van der Waals surface area contributed by atoms with Crippen LogP contribution in [-0.2, 0) is 11.3 Å². The van der Waals surface area contributed by atoms with Crippen molar-refractivity contribution in [2.45, 2.75) is 13.5 Å². The molecule has 0 unspecified atom stereocenters. The molecule has 5 nitrogen and oxygen atoms in total. The zero-order valence-electron chi connectivity index (χ0n) is 11.6. The van der Waals surface area contributed by atoms with E-state index in [1.165, 1.54) is 11.3 Å². The van der Waals surface area contributed by atoms with E-state index < -0.39 is 6.09 Å². The van der Waals surface area contributed by atoms with Gasteiger partial charge in [0.1, 0.15) is 10.9 Å². The van der Waals surface area contributed by atoms with E-state index in [0.717, 1.165) is 10.6 Å². The summed E-state index contributed by atoms with van der Waals surface area (Å²) in [7, 11) is 0. The number of amides is 1. The number of nitrogens with one attached hydrogen (secondary N) is 2. The third kappa shape index (κ3) is 4.51. The van der Waals surface area contributed by atoms with Gasteiger partial charge in [-0.25, -0.2) is 4.79 Å². The third-order valence-corrected chi connectivity index (χ3v) is 3.64. The van der Waals surface area contributed by atoms with E-state index in [0.29, 0.717) is 23.7 Å². The number of nitriles is 1. The van der Waals surface area contributed by atoms with Gasteiger partial charge in [-0.2, -0.15) is 5.26 Å². The van der Waals surface area contributed by atoms with Crippen molar-refractivity contribution in [1.29, 1.82) is 5.26 Å². The molecule has 1 heterocycles. The quantitative estimate of drug-likeness (QED) is 0.881. The molecule has 2 rings (SSSR count). The van der Waals surface area contributed by atoms with Gasteiger partial charge in [0, 0.05) is 22.8 Å². The molecule has 0 bridgehead atoms. The van der Waals surface area contributed by atoms with Gasteiger partial charge in [0.15, 0.2) is 0 Å². The molecule has 2 N–H and O–H groups in total. The Morgan fingerprint density at radius 3 is 2.57 bits per heavy atom. The maximum atomic E-state index is 11.3. The van der Waals surface area contributed by atoms with E-state index >= 15 is 0 Å². The molecule has 108 valence electrons. The fraction of sp³-hybridized carbons (Fsp3) is 0.200. The molecule has 2 aromatic rings. The largest absolute Gasteiger partial charge is 0.450 e. The number of carbonyl (C=O) groups excluding carboxylic acids is 1. The Hall–Kier alpha value is -2.52. The van der Waals surface area contributed by atoms with Gasteiger partial charge in [0.2, 0.25) is 0 Å². The number of carbonyl (C=O) groups is 1. The van der Waals surface area contributed by atoms with E-state index in [1.807, 2.05) is 24.3 Å². The van der Waals surface area contributed by atoms with Crippen LogP contribution in [0.25, 0.3) is 0 Å². The van der Waals surface area contributed by atoms with E-state index in [2.05, 4.69) is 16.7 Å². The lowest BCUT2D eigenvalue weighted by atomic mass is 10.3. The van der Waals surface area contributed by atoms with Crippen LogP contribution in [0.15, 0.2) is 36.4 Å². The lowest BCUT2D eigenvalue weighted by molar-refractivity contribution is 0.168. The highest BCUT2D eigenvalue weighted by Gasteiger charge is 2.02. The number of hydrogen-bond donors (Lipinski definition) is 2. The van der Waals surface area contributed by atoms with Crippen LogP contribution in [0, 0.1) is 11.3 Å². The summed E-state index contributed by atoms with van der Waals surface area (Å²) in [4.78, 5) is 13.1. The average Bonchev–Trinajstić information content (AvgIpc) is 2.95. The molecule has 0 aliphatic rings. The summed E-state index contributed by atoms with van der Waals surface area (Å²) in [5.74, 6) is 0. The van der Waals surface area contributed by atoms with Crippen LogP contribution in [-0.4, -0.2) is 12.7 Å². The van der Waals surface area contributed by atoms with Gasteiger partial charge in [-0.3, -0.25) is 5.32 Å². The van der Waals surface area contributed by atoms with E-state index in [1.54, 1.807) is 19.1 Å². The summed E-state index contributed by atoms with van der Waals surface area (Å²) in [6.45, 7) is 2.77. The molecule has 0 saturated carbocycles. The SMILES string of the molecule is CCOC(=O)Nc1ccc(NCc2ccc(C#N)s2)cc1. The average molecular weight is 301 g/mol. The van der Waals surface area contributed by atoms with Crippen LogP contribution >= 0.6 is 11.3 Å². The molecule has 0 spiro atoms. The van der Waals surface area contributed by atoms with Crippen LogP contribution in [0.5, 0.6) is 0 Å². The number of nitrogens with zero attached hydrogens (tertiary/aromatic N) is 1. The Morgan fingerprint density at radius 1 is 1.24 bits per heavy atom. The van der Waals surface area contributed by atoms with Crippen molar-refractivity contribution in [2.24, 2.45) is 0 Å². The summed E-state index contributed by atoms with van der Waals surface area (Å²) in [6.07, 6.45) is -0.458. The number of thiophene rings is 1. The highest BCUT2D eigenvalue weighted by Crippen LogP contribution is 2.18. The fourth-order valence-corrected chi connectivity index (χ4v) is 2.42. The number of anilines is 2. The standard InChI is InChI=1S/C15H15N3O2S/c1-2-20-15(19)18-12-5-3-11(4-6-12)17-10-14-8-7-13(9-16)21-14/h3-8,17H,2,10H2,1H3,(H,18,19). The molecule has 1 aromatic carbocycles. The van der Waals surface area contributed by atoms with Crippen LogP contribution < -0.4 is 10.6 Å². The first-order valence-electron chi connectivity index (χ1n) is 6.48. The molecule has 21 heavy (non-hydrogen) atoms. The molecule has 0 saturated heterocycles. The summed E-state index contributed by atoms with van der Waals surface area (Å²) in [6, 6.07) is 13.2. The number of benzene rings is 1. The second kappa shape index (κ2) is 7.31. The highest BCUT2D eigenvalue weighted by molar-refractivity contribution is 7.12. The Bertz CT molecular complexity index is 644. The molecule has 6 heteroatoms. The maximum absolute atomic E-state index is 11.3. The minimum absolute atomic E-state index is 0.344. The van der Waals surface area contributed by atoms with Gasteiger partial charge in [-0.1, -0.05) is 0 Å². The predicted molar refractivity (Wildman–Crippen MR) is 83.4 cm³/mol. The second-order valence-corrected chi connectivity index (χ2v) is 5.32. The van der Waals surface area contributed by atoms with Gasteiger partial charge >= 0.3 is 6.09 Å². The lowest BCUT2D eigenvalue weighted by Crippen LogP contribution is -2.13. The fourth-order valence-electron chi connectivity index (χ4n) is 1.68. The minimum Gasteiger partial charge on any atom is -0.450 e. The Morgan fingerprint density at radius 2 is 1.95 bits per heavy atom. The van der Waals surface area contributed by atoms with Crippen molar-refractivity contribution < 1.29 is 9.53 Å². The Labute approximate surface area is 127 Å². The molecule has 0 radical (unpaired) electrons. The smallest absolute Gasteiger partial charge is 0.411 e. The molecule has 0 atom stereocenters. The number of rotatable bonds is 5. The Kier molecular flexibility index (Phi) is 5.18. The number of hydrogen-bond acceptors (Lipinski definition) is 5. The summed E-state index contributed by atoms with van der Waals surface area (Å²) in [5, 5.41) is 14.7. The second-order valence-electron chi connectivity index (χ2n) is 4.15. The van der Waals surface area contributed by atoms with Gasteiger partial charge < -0.3 is 10.1 Å². The number of ether oxygens (including phenoxy) is 1. The first-order valence-corrected chi connectivity index (χ1v) is 7.29.